The third kappa shape index (κ3) is 2.01. The monoisotopic (exact) mass is 225 g/mol. The number of fused-ring (bicyclic) bond motifs is 1. The van der Waals surface area contributed by atoms with Gasteiger partial charge in [0.2, 0.25) is 0 Å². The summed E-state index contributed by atoms with van der Waals surface area (Å²) in [6, 6.07) is 1.78. The summed E-state index contributed by atoms with van der Waals surface area (Å²) in [5.41, 5.74) is 3.25. The predicted molar refractivity (Wildman–Crippen MR) is 61.1 cm³/mol. The first-order chi connectivity index (χ1) is 7.11. The molecule has 2 nitrogen and oxygen atoms in total. The van der Waals surface area contributed by atoms with Crippen LogP contribution in [-0.4, -0.2) is 10.1 Å². The topological polar surface area (TPSA) is 33.1 Å². The van der Waals surface area contributed by atoms with Gasteiger partial charge in [-0.1, -0.05) is 25.4 Å². The van der Waals surface area contributed by atoms with E-state index >= 15 is 0 Å². The van der Waals surface area contributed by atoms with Crippen LogP contribution >= 0.6 is 11.6 Å². The molecule has 0 bridgehead atoms. The van der Waals surface area contributed by atoms with Crippen molar-refractivity contribution in [1.29, 1.82) is 0 Å². The zero-order chi connectivity index (χ0) is 11.0. The van der Waals surface area contributed by atoms with Gasteiger partial charge in [0, 0.05) is 5.69 Å². The van der Waals surface area contributed by atoms with Gasteiger partial charge in [-0.25, -0.2) is 4.98 Å². The van der Waals surface area contributed by atoms with Crippen molar-refractivity contribution in [2.75, 3.05) is 0 Å². The van der Waals surface area contributed by atoms with Crippen molar-refractivity contribution >= 4 is 11.6 Å². The molecule has 0 saturated carbocycles. The molecule has 15 heavy (non-hydrogen) atoms. The van der Waals surface area contributed by atoms with Gasteiger partial charge in [-0.05, 0) is 41.9 Å². The minimum Gasteiger partial charge on any atom is -0.392 e. The summed E-state index contributed by atoms with van der Waals surface area (Å²) in [7, 11) is 0. The van der Waals surface area contributed by atoms with Crippen LogP contribution in [0.4, 0.5) is 0 Å². The van der Waals surface area contributed by atoms with Crippen LogP contribution in [0.15, 0.2) is 6.07 Å². The molecular weight excluding hydrogens is 210 g/mol. The maximum atomic E-state index is 9.32. The third-order valence-electron chi connectivity index (χ3n) is 3.15. The Morgan fingerprint density at radius 3 is 2.93 bits per heavy atom. The second kappa shape index (κ2) is 4.11. The van der Waals surface area contributed by atoms with E-state index in [1.807, 2.05) is 0 Å². The molecule has 0 fully saturated rings. The van der Waals surface area contributed by atoms with Crippen molar-refractivity contribution < 1.29 is 5.11 Å². The number of nitrogens with zero attached hydrogens (tertiary/aromatic N) is 1. The molecule has 1 N–H and O–H groups in total. The summed E-state index contributed by atoms with van der Waals surface area (Å²) in [6.45, 7) is 4.49. The molecule has 0 amide bonds. The molecule has 0 aliphatic heterocycles. The van der Waals surface area contributed by atoms with E-state index < -0.39 is 0 Å². The third-order valence-corrected chi connectivity index (χ3v) is 3.35. The first kappa shape index (κ1) is 10.9. The minimum absolute atomic E-state index is 0.0588. The standard InChI is InChI=1S/C12H16ClNO/c1-7-3-8(2)12-9(6-15)5-11(13)14-10(12)4-7/h5,7-8,15H,3-4,6H2,1-2H3. The Hall–Kier alpha value is -0.600. The lowest BCUT2D eigenvalue weighted by Gasteiger charge is -2.28. The summed E-state index contributed by atoms with van der Waals surface area (Å²) < 4.78 is 0. The fourth-order valence-electron chi connectivity index (χ4n) is 2.65. The number of pyridine rings is 1. The second-order valence-corrected chi connectivity index (χ2v) is 4.96. The second-order valence-electron chi connectivity index (χ2n) is 4.57. The van der Waals surface area contributed by atoms with Gasteiger partial charge in [0.25, 0.3) is 0 Å². The lowest BCUT2D eigenvalue weighted by Crippen LogP contribution is -2.18. The molecule has 1 heterocycles. The van der Waals surface area contributed by atoms with E-state index in [9.17, 15) is 5.11 Å². The van der Waals surface area contributed by atoms with Crippen molar-refractivity contribution in [3.63, 3.8) is 0 Å². The largest absolute Gasteiger partial charge is 0.392 e. The average molecular weight is 226 g/mol. The van der Waals surface area contributed by atoms with Gasteiger partial charge in [-0.15, -0.1) is 0 Å². The van der Waals surface area contributed by atoms with Crippen molar-refractivity contribution in [2.45, 2.75) is 39.2 Å². The smallest absolute Gasteiger partial charge is 0.129 e. The highest BCUT2D eigenvalue weighted by atomic mass is 35.5. The van der Waals surface area contributed by atoms with Crippen LogP contribution in [0.25, 0.3) is 0 Å². The Morgan fingerprint density at radius 1 is 1.53 bits per heavy atom. The number of hydrogen-bond donors (Lipinski definition) is 1. The van der Waals surface area contributed by atoms with E-state index in [4.69, 9.17) is 11.6 Å². The molecule has 1 aromatic rings. The van der Waals surface area contributed by atoms with E-state index in [0.29, 0.717) is 17.0 Å². The number of aliphatic hydroxyl groups is 1. The lowest BCUT2D eigenvalue weighted by atomic mass is 9.79. The van der Waals surface area contributed by atoms with Gasteiger partial charge in [-0.3, -0.25) is 0 Å². The van der Waals surface area contributed by atoms with Crippen molar-refractivity contribution in [3.8, 4) is 0 Å². The number of halogens is 1. The lowest BCUT2D eigenvalue weighted by molar-refractivity contribution is 0.277. The quantitative estimate of drug-likeness (QED) is 0.746. The van der Waals surface area contributed by atoms with Crippen LogP contribution in [0.1, 0.15) is 43.0 Å². The SMILES string of the molecule is CC1Cc2nc(Cl)cc(CO)c2C(C)C1. The van der Waals surface area contributed by atoms with E-state index in [0.717, 1.165) is 17.7 Å². The molecule has 0 aromatic carbocycles. The molecule has 2 atom stereocenters. The minimum atomic E-state index is 0.0588. The zero-order valence-corrected chi connectivity index (χ0v) is 9.88. The zero-order valence-electron chi connectivity index (χ0n) is 9.13. The van der Waals surface area contributed by atoms with Gasteiger partial charge >= 0.3 is 0 Å². The molecule has 1 aliphatic rings. The fourth-order valence-corrected chi connectivity index (χ4v) is 2.88. The Kier molecular flexibility index (Phi) is 2.98. The molecular formula is C12H16ClNO. The van der Waals surface area contributed by atoms with Crippen LogP contribution in [0.5, 0.6) is 0 Å². The summed E-state index contributed by atoms with van der Waals surface area (Å²) in [6.07, 6.45) is 2.15. The molecule has 1 aliphatic carbocycles. The Morgan fingerprint density at radius 2 is 2.27 bits per heavy atom. The van der Waals surface area contributed by atoms with Crippen molar-refractivity contribution in [1.82, 2.24) is 4.98 Å². The van der Waals surface area contributed by atoms with Crippen molar-refractivity contribution in [3.05, 3.63) is 28.0 Å². The summed E-state index contributed by atoms with van der Waals surface area (Å²) in [5, 5.41) is 9.81. The highest BCUT2D eigenvalue weighted by molar-refractivity contribution is 6.29. The molecule has 82 valence electrons. The summed E-state index contributed by atoms with van der Waals surface area (Å²) >= 11 is 5.93. The van der Waals surface area contributed by atoms with Gasteiger partial charge in [-0.2, -0.15) is 0 Å². The first-order valence-corrected chi connectivity index (χ1v) is 5.78. The first-order valence-electron chi connectivity index (χ1n) is 5.41. The summed E-state index contributed by atoms with van der Waals surface area (Å²) in [5.74, 6) is 1.14. The van der Waals surface area contributed by atoms with Crippen LogP contribution in [0.2, 0.25) is 5.15 Å². The number of hydrogen-bond acceptors (Lipinski definition) is 2. The van der Waals surface area contributed by atoms with Gasteiger partial charge in [0.05, 0.1) is 6.61 Å². The van der Waals surface area contributed by atoms with Gasteiger partial charge in [0.15, 0.2) is 0 Å². The average Bonchev–Trinajstić information content (AvgIpc) is 2.14. The van der Waals surface area contributed by atoms with Crippen molar-refractivity contribution in [2.24, 2.45) is 5.92 Å². The van der Waals surface area contributed by atoms with Crippen LogP contribution in [0.3, 0.4) is 0 Å². The molecule has 2 rings (SSSR count). The highest BCUT2D eigenvalue weighted by Crippen LogP contribution is 2.36. The summed E-state index contributed by atoms with van der Waals surface area (Å²) in [4.78, 5) is 4.38. The number of aliphatic hydroxyl groups excluding tert-OH is 1. The van der Waals surface area contributed by atoms with Crippen LogP contribution in [-0.2, 0) is 13.0 Å². The van der Waals surface area contributed by atoms with E-state index in [2.05, 4.69) is 18.8 Å². The normalized spacial score (nSPS) is 25.1. The number of aromatic nitrogens is 1. The Bertz CT molecular complexity index is 378. The molecule has 2 unspecified atom stereocenters. The maximum Gasteiger partial charge on any atom is 0.129 e. The molecule has 0 radical (unpaired) electrons. The fraction of sp³-hybridized carbons (Fsp3) is 0.583. The molecule has 0 saturated heterocycles. The van der Waals surface area contributed by atoms with Crippen LogP contribution in [0, 0.1) is 5.92 Å². The van der Waals surface area contributed by atoms with Crippen LogP contribution < -0.4 is 0 Å². The van der Waals surface area contributed by atoms with Gasteiger partial charge in [0.1, 0.15) is 5.15 Å². The maximum absolute atomic E-state index is 9.32. The molecule has 0 spiro atoms. The van der Waals surface area contributed by atoms with E-state index in [-0.39, 0.29) is 6.61 Å². The Balaban J connectivity index is 2.53. The molecule has 3 heteroatoms. The Labute approximate surface area is 95.3 Å². The number of rotatable bonds is 1. The van der Waals surface area contributed by atoms with Gasteiger partial charge < -0.3 is 5.11 Å². The van der Waals surface area contributed by atoms with E-state index in [1.165, 1.54) is 12.0 Å². The highest BCUT2D eigenvalue weighted by Gasteiger charge is 2.25. The predicted octanol–water partition coefficient (Wildman–Crippen LogP) is 2.91. The van der Waals surface area contributed by atoms with E-state index in [1.54, 1.807) is 6.07 Å². The molecule has 1 aromatic heterocycles.